The van der Waals surface area contributed by atoms with Crippen molar-refractivity contribution in [1.82, 2.24) is 4.31 Å². The van der Waals surface area contributed by atoms with Crippen LogP contribution in [0, 0.1) is 26.7 Å². The highest BCUT2D eigenvalue weighted by atomic mass is 32.2. The molecule has 6 heteroatoms. The molecule has 27 heavy (non-hydrogen) atoms. The predicted octanol–water partition coefficient (Wildman–Crippen LogP) is 3.62. The van der Waals surface area contributed by atoms with Crippen LogP contribution < -0.4 is 4.74 Å². The Morgan fingerprint density at radius 1 is 1.07 bits per heavy atom. The third-order valence-electron chi connectivity index (χ3n) is 4.91. The minimum atomic E-state index is -3.60. The summed E-state index contributed by atoms with van der Waals surface area (Å²) in [5, 5.41) is 0. The van der Waals surface area contributed by atoms with E-state index in [0.29, 0.717) is 25.1 Å². The highest BCUT2D eigenvalue weighted by Gasteiger charge is 2.34. The molecule has 3 rings (SSSR count). The van der Waals surface area contributed by atoms with Gasteiger partial charge in [0.15, 0.2) is 0 Å². The van der Waals surface area contributed by atoms with E-state index < -0.39 is 15.9 Å². The Balaban J connectivity index is 1.76. The summed E-state index contributed by atoms with van der Waals surface area (Å²) in [6.07, 6.45) is 1.27. The highest BCUT2D eigenvalue weighted by molar-refractivity contribution is 7.89. The number of carbonyl (C=O) groups is 1. The van der Waals surface area contributed by atoms with Crippen molar-refractivity contribution in [2.24, 2.45) is 5.92 Å². The standard InChI is InChI=1S/C21H25NO4S/c1-15-12-16(2)20(17(3)13-15)26-21(23)18-8-7-11-22(14-18)27(24,25)19-9-5-4-6-10-19/h4-6,9-10,12-13,18H,7-8,11,14H2,1-3H3. The highest BCUT2D eigenvalue weighted by Crippen LogP contribution is 2.28. The number of aryl methyl sites for hydroxylation is 3. The SMILES string of the molecule is Cc1cc(C)c(OC(=O)C2CCCN(S(=O)(=O)c3ccccc3)C2)c(C)c1. The molecule has 0 bridgehead atoms. The number of esters is 1. The summed E-state index contributed by atoms with van der Waals surface area (Å²) in [6, 6.07) is 12.3. The molecule has 2 aromatic rings. The van der Waals surface area contributed by atoms with Crippen molar-refractivity contribution in [3.05, 3.63) is 59.2 Å². The molecule has 0 aliphatic carbocycles. The third-order valence-corrected chi connectivity index (χ3v) is 6.79. The Bertz CT molecular complexity index is 915. The first-order valence-electron chi connectivity index (χ1n) is 9.14. The van der Waals surface area contributed by atoms with E-state index in [2.05, 4.69) is 0 Å². The first-order valence-corrected chi connectivity index (χ1v) is 10.6. The summed E-state index contributed by atoms with van der Waals surface area (Å²) in [7, 11) is -3.60. The fourth-order valence-corrected chi connectivity index (χ4v) is 5.15. The van der Waals surface area contributed by atoms with E-state index in [-0.39, 0.29) is 17.4 Å². The molecule has 0 saturated carbocycles. The molecule has 1 saturated heterocycles. The van der Waals surface area contributed by atoms with E-state index in [1.807, 2.05) is 32.9 Å². The van der Waals surface area contributed by atoms with Crippen LogP contribution in [0.25, 0.3) is 0 Å². The number of nitrogens with zero attached hydrogens (tertiary/aromatic N) is 1. The second-order valence-electron chi connectivity index (χ2n) is 7.16. The monoisotopic (exact) mass is 387 g/mol. The van der Waals surface area contributed by atoms with Crippen LogP contribution in [0.3, 0.4) is 0 Å². The van der Waals surface area contributed by atoms with Crippen LogP contribution in [0.15, 0.2) is 47.4 Å². The summed E-state index contributed by atoms with van der Waals surface area (Å²) >= 11 is 0. The Labute approximate surface area is 161 Å². The van der Waals surface area contributed by atoms with Gasteiger partial charge < -0.3 is 4.74 Å². The van der Waals surface area contributed by atoms with E-state index >= 15 is 0 Å². The molecule has 0 radical (unpaired) electrons. The molecule has 1 unspecified atom stereocenters. The van der Waals surface area contributed by atoms with Gasteiger partial charge in [0.2, 0.25) is 10.0 Å². The van der Waals surface area contributed by atoms with E-state index in [4.69, 9.17) is 4.74 Å². The summed E-state index contributed by atoms with van der Waals surface area (Å²) in [6.45, 7) is 6.40. The van der Waals surface area contributed by atoms with Gasteiger partial charge in [0.25, 0.3) is 0 Å². The average Bonchev–Trinajstić information content (AvgIpc) is 2.65. The van der Waals surface area contributed by atoms with Crippen LogP contribution in [-0.2, 0) is 14.8 Å². The average molecular weight is 388 g/mol. The molecule has 144 valence electrons. The number of hydrogen-bond acceptors (Lipinski definition) is 4. The minimum Gasteiger partial charge on any atom is -0.426 e. The van der Waals surface area contributed by atoms with Crippen molar-refractivity contribution in [3.8, 4) is 5.75 Å². The second-order valence-corrected chi connectivity index (χ2v) is 9.10. The van der Waals surface area contributed by atoms with Gasteiger partial charge in [-0.25, -0.2) is 8.42 Å². The molecule has 1 fully saturated rings. The molecule has 0 N–H and O–H groups in total. The lowest BCUT2D eigenvalue weighted by atomic mass is 10.00. The van der Waals surface area contributed by atoms with Crippen LogP contribution in [0.1, 0.15) is 29.5 Å². The summed E-state index contributed by atoms with van der Waals surface area (Å²) < 4.78 is 32.7. The van der Waals surface area contributed by atoms with E-state index in [1.54, 1.807) is 30.3 Å². The van der Waals surface area contributed by atoms with E-state index in [0.717, 1.165) is 16.7 Å². The quantitative estimate of drug-likeness (QED) is 0.594. The minimum absolute atomic E-state index is 0.153. The lowest BCUT2D eigenvalue weighted by Gasteiger charge is -2.31. The molecule has 2 aromatic carbocycles. The molecule has 1 aliphatic rings. The van der Waals surface area contributed by atoms with Crippen LogP contribution in [0.4, 0.5) is 0 Å². The molecule has 0 amide bonds. The van der Waals surface area contributed by atoms with Gasteiger partial charge in [-0.15, -0.1) is 0 Å². The maximum absolute atomic E-state index is 12.8. The fourth-order valence-electron chi connectivity index (χ4n) is 3.61. The zero-order valence-corrected chi connectivity index (χ0v) is 16.8. The normalized spacial score (nSPS) is 18.3. The largest absolute Gasteiger partial charge is 0.426 e. The number of benzene rings is 2. The van der Waals surface area contributed by atoms with Crippen molar-refractivity contribution in [3.63, 3.8) is 0 Å². The molecule has 5 nitrogen and oxygen atoms in total. The van der Waals surface area contributed by atoms with Gasteiger partial charge in [0.05, 0.1) is 10.8 Å². The summed E-state index contributed by atoms with van der Waals surface area (Å²) in [5.41, 5.74) is 2.93. The predicted molar refractivity (Wildman–Crippen MR) is 104 cm³/mol. The Morgan fingerprint density at radius 2 is 1.70 bits per heavy atom. The van der Waals surface area contributed by atoms with E-state index in [1.165, 1.54) is 4.31 Å². The smallest absolute Gasteiger partial charge is 0.315 e. The van der Waals surface area contributed by atoms with Gasteiger partial charge in [-0.1, -0.05) is 35.9 Å². The lowest BCUT2D eigenvalue weighted by Crippen LogP contribution is -2.43. The third kappa shape index (κ3) is 4.22. The maximum Gasteiger partial charge on any atom is 0.315 e. The maximum atomic E-state index is 12.8. The molecular weight excluding hydrogens is 362 g/mol. The van der Waals surface area contributed by atoms with Gasteiger partial charge >= 0.3 is 5.97 Å². The second kappa shape index (κ2) is 7.82. The molecule has 1 atom stereocenters. The first kappa shape index (κ1) is 19.6. The van der Waals surface area contributed by atoms with Crippen LogP contribution in [0.5, 0.6) is 5.75 Å². The summed E-state index contributed by atoms with van der Waals surface area (Å²) in [4.78, 5) is 13.0. The van der Waals surface area contributed by atoms with Crippen LogP contribution in [0.2, 0.25) is 0 Å². The lowest BCUT2D eigenvalue weighted by molar-refractivity contribution is -0.140. The number of piperidine rings is 1. The van der Waals surface area contributed by atoms with Gasteiger partial charge in [0.1, 0.15) is 5.75 Å². The topological polar surface area (TPSA) is 63.7 Å². The van der Waals surface area contributed by atoms with Crippen molar-refractivity contribution in [1.29, 1.82) is 0 Å². The molecule has 0 spiro atoms. The van der Waals surface area contributed by atoms with Gasteiger partial charge in [-0.05, 0) is 56.9 Å². The molecular formula is C21H25NO4S. The van der Waals surface area contributed by atoms with Crippen molar-refractivity contribution in [2.45, 2.75) is 38.5 Å². The van der Waals surface area contributed by atoms with Crippen molar-refractivity contribution < 1.29 is 17.9 Å². The van der Waals surface area contributed by atoms with Gasteiger partial charge in [0, 0.05) is 13.1 Å². The van der Waals surface area contributed by atoms with Crippen LogP contribution in [-0.4, -0.2) is 31.8 Å². The number of carbonyl (C=O) groups excluding carboxylic acids is 1. The molecule has 1 heterocycles. The molecule has 0 aromatic heterocycles. The number of sulfonamides is 1. The van der Waals surface area contributed by atoms with Crippen molar-refractivity contribution in [2.75, 3.05) is 13.1 Å². The van der Waals surface area contributed by atoms with Crippen molar-refractivity contribution >= 4 is 16.0 Å². The van der Waals surface area contributed by atoms with Crippen LogP contribution >= 0.6 is 0 Å². The van der Waals surface area contributed by atoms with Gasteiger partial charge in [-0.3, -0.25) is 4.79 Å². The number of rotatable bonds is 4. The number of hydrogen-bond donors (Lipinski definition) is 0. The molecule has 1 aliphatic heterocycles. The van der Waals surface area contributed by atoms with E-state index in [9.17, 15) is 13.2 Å². The number of ether oxygens (including phenoxy) is 1. The Kier molecular flexibility index (Phi) is 5.67. The summed E-state index contributed by atoms with van der Waals surface area (Å²) in [5.74, 6) is -0.246. The zero-order chi connectivity index (χ0) is 19.6. The fraction of sp³-hybridized carbons (Fsp3) is 0.381. The first-order chi connectivity index (χ1) is 12.8. The Morgan fingerprint density at radius 3 is 2.33 bits per heavy atom. The zero-order valence-electron chi connectivity index (χ0n) is 15.9. The Hall–Kier alpha value is -2.18. The van der Waals surface area contributed by atoms with Gasteiger partial charge in [-0.2, -0.15) is 4.31 Å².